The molecule has 0 spiro atoms. The number of rotatable bonds is 14. The predicted molar refractivity (Wildman–Crippen MR) is 115 cm³/mol. The van der Waals surface area contributed by atoms with E-state index in [0.29, 0.717) is 6.42 Å². The first-order valence-electron chi connectivity index (χ1n) is 10.6. The third-order valence-corrected chi connectivity index (χ3v) is 5.59. The van der Waals surface area contributed by atoms with Crippen LogP contribution in [0.1, 0.15) is 75.3 Å². The zero-order chi connectivity index (χ0) is 21.0. The second kappa shape index (κ2) is 12.1. The average molecular weight is 397 g/mol. The van der Waals surface area contributed by atoms with Gasteiger partial charge in [0, 0.05) is 6.42 Å². The Bertz CT molecular complexity index is 700. The van der Waals surface area contributed by atoms with Gasteiger partial charge in [-0.2, -0.15) is 0 Å². The van der Waals surface area contributed by atoms with Crippen LogP contribution in [0.25, 0.3) is 0 Å². The zero-order valence-corrected chi connectivity index (χ0v) is 17.1. The van der Waals surface area contributed by atoms with Crippen LogP contribution < -0.4 is 0 Å². The van der Waals surface area contributed by atoms with E-state index < -0.39 is 17.4 Å². The van der Waals surface area contributed by atoms with Gasteiger partial charge in [-0.25, -0.2) is 0 Å². The predicted octanol–water partition coefficient (Wildman–Crippen LogP) is 6.04. The van der Waals surface area contributed by atoms with E-state index in [1.165, 1.54) is 0 Å². The number of hydrogen-bond acceptors (Lipinski definition) is 2. The van der Waals surface area contributed by atoms with E-state index in [2.05, 4.69) is 0 Å². The molecule has 2 aromatic carbocycles. The Morgan fingerprint density at radius 1 is 0.621 bits per heavy atom. The van der Waals surface area contributed by atoms with Crippen LogP contribution in [-0.4, -0.2) is 22.2 Å². The molecule has 0 fully saturated rings. The maximum absolute atomic E-state index is 12.5. The van der Waals surface area contributed by atoms with Crippen molar-refractivity contribution in [3.05, 3.63) is 71.8 Å². The fraction of sp³-hybridized carbons (Fsp3) is 0.440. The second-order valence-corrected chi connectivity index (χ2v) is 7.66. The fourth-order valence-corrected chi connectivity index (χ4v) is 3.98. The molecule has 0 aliphatic heterocycles. The van der Waals surface area contributed by atoms with Gasteiger partial charge in [0.05, 0.1) is 0 Å². The van der Waals surface area contributed by atoms with Crippen LogP contribution in [0.15, 0.2) is 60.7 Å². The molecule has 0 aliphatic carbocycles. The van der Waals surface area contributed by atoms with Crippen LogP contribution in [0.4, 0.5) is 0 Å². The summed E-state index contributed by atoms with van der Waals surface area (Å²) in [5.74, 6) is -1.52. The molecule has 29 heavy (non-hydrogen) atoms. The molecule has 0 unspecified atom stereocenters. The lowest BCUT2D eigenvalue weighted by Crippen LogP contribution is -2.37. The van der Waals surface area contributed by atoms with E-state index in [4.69, 9.17) is 5.11 Å². The molecule has 0 aliphatic rings. The van der Waals surface area contributed by atoms with E-state index in [-0.39, 0.29) is 6.42 Å². The Balaban J connectivity index is 1.90. The van der Waals surface area contributed by atoms with Gasteiger partial charge in [0.2, 0.25) is 0 Å². The molecule has 0 bridgehead atoms. The lowest BCUT2D eigenvalue weighted by Gasteiger charge is -2.31. The highest BCUT2D eigenvalue weighted by atomic mass is 16.4. The minimum absolute atomic E-state index is 0.260. The summed E-state index contributed by atoms with van der Waals surface area (Å²) in [5.41, 5.74) is 0.647. The number of aliphatic carboxylic acids is 2. The van der Waals surface area contributed by atoms with E-state index in [0.717, 1.165) is 62.5 Å². The first kappa shape index (κ1) is 22.7. The van der Waals surface area contributed by atoms with Gasteiger partial charge in [0.25, 0.3) is 0 Å². The summed E-state index contributed by atoms with van der Waals surface area (Å²) in [6.07, 6.45) is 8.80. The average Bonchev–Trinajstić information content (AvgIpc) is 2.73. The van der Waals surface area contributed by atoms with E-state index >= 15 is 0 Å². The summed E-state index contributed by atoms with van der Waals surface area (Å²) in [6.45, 7) is 0. The molecule has 0 heterocycles. The number of benzene rings is 2. The molecule has 2 rings (SSSR count). The Labute approximate surface area is 173 Å². The highest BCUT2D eigenvalue weighted by Gasteiger charge is 2.41. The van der Waals surface area contributed by atoms with Crippen molar-refractivity contribution < 1.29 is 19.8 Å². The van der Waals surface area contributed by atoms with Crippen LogP contribution in [0.2, 0.25) is 0 Å². The molecule has 0 saturated carbocycles. The van der Waals surface area contributed by atoms with Crippen molar-refractivity contribution in [2.75, 3.05) is 0 Å². The lowest BCUT2D eigenvalue weighted by molar-refractivity contribution is -0.142. The molecule has 0 atom stereocenters. The summed E-state index contributed by atoms with van der Waals surface area (Å²) < 4.78 is 0. The third kappa shape index (κ3) is 6.74. The Morgan fingerprint density at radius 2 is 1.03 bits per heavy atom. The third-order valence-electron chi connectivity index (χ3n) is 5.59. The number of unbranched alkanes of at least 4 members (excludes halogenated alkanes) is 7. The number of carboxylic acids is 2. The lowest BCUT2D eigenvalue weighted by atomic mass is 9.71. The maximum atomic E-state index is 12.5. The molecule has 2 aromatic rings. The van der Waals surface area contributed by atoms with Crippen LogP contribution in [0, 0.1) is 0 Å². The molecular formula is C25H32O4. The largest absolute Gasteiger partial charge is 0.481 e. The van der Waals surface area contributed by atoms with Crippen molar-refractivity contribution >= 4 is 11.9 Å². The SMILES string of the molecule is O=C(O)CCCCCCCCCCC(C(=O)O)(c1ccccc1)c1ccccc1. The number of carbonyl (C=O) groups is 2. The quantitative estimate of drug-likeness (QED) is 0.382. The van der Waals surface area contributed by atoms with Crippen molar-refractivity contribution in [2.45, 2.75) is 69.6 Å². The van der Waals surface area contributed by atoms with Gasteiger partial charge in [-0.1, -0.05) is 106 Å². The molecule has 0 aromatic heterocycles. The Hall–Kier alpha value is -2.62. The minimum Gasteiger partial charge on any atom is -0.481 e. The molecular weight excluding hydrogens is 364 g/mol. The molecule has 4 heteroatoms. The molecule has 0 saturated heterocycles. The van der Waals surface area contributed by atoms with Gasteiger partial charge in [-0.15, -0.1) is 0 Å². The van der Waals surface area contributed by atoms with Gasteiger partial charge < -0.3 is 10.2 Å². The van der Waals surface area contributed by atoms with Crippen LogP contribution in [0.3, 0.4) is 0 Å². The van der Waals surface area contributed by atoms with Crippen LogP contribution >= 0.6 is 0 Å². The van der Waals surface area contributed by atoms with E-state index in [1.807, 2.05) is 60.7 Å². The van der Waals surface area contributed by atoms with Crippen molar-refractivity contribution in [1.29, 1.82) is 0 Å². The van der Waals surface area contributed by atoms with Gasteiger partial charge in [-0.3, -0.25) is 9.59 Å². The van der Waals surface area contributed by atoms with Crippen molar-refractivity contribution in [2.24, 2.45) is 0 Å². The smallest absolute Gasteiger partial charge is 0.318 e. The second-order valence-electron chi connectivity index (χ2n) is 7.66. The highest BCUT2D eigenvalue weighted by molar-refractivity contribution is 5.86. The van der Waals surface area contributed by atoms with E-state index in [9.17, 15) is 14.7 Å². The van der Waals surface area contributed by atoms with Gasteiger partial charge in [0.15, 0.2) is 0 Å². The Kier molecular flexibility index (Phi) is 9.42. The summed E-state index contributed by atoms with van der Waals surface area (Å²) in [6, 6.07) is 19.1. The normalized spacial score (nSPS) is 11.3. The monoisotopic (exact) mass is 396 g/mol. The summed E-state index contributed by atoms with van der Waals surface area (Å²) >= 11 is 0. The summed E-state index contributed by atoms with van der Waals surface area (Å²) in [7, 11) is 0. The molecule has 0 radical (unpaired) electrons. The first-order chi connectivity index (χ1) is 14.1. The fourth-order valence-electron chi connectivity index (χ4n) is 3.98. The van der Waals surface area contributed by atoms with Gasteiger partial charge in [0.1, 0.15) is 5.41 Å². The Morgan fingerprint density at radius 3 is 1.45 bits per heavy atom. The van der Waals surface area contributed by atoms with Crippen molar-refractivity contribution in [3.8, 4) is 0 Å². The van der Waals surface area contributed by atoms with Crippen molar-refractivity contribution in [3.63, 3.8) is 0 Å². The standard InChI is InChI=1S/C25H32O4/c26-23(27)19-13-5-3-1-2-4-6-14-20-25(24(28)29,21-15-9-7-10-16-21)22-17-11-8-12-18-22/h7-12,15-18H,1-6,13-14,19-20H2,(H,26,27)(H,28,29). The number of carboxylic acid groups (broad SMARTS) is 2. The molecule has 156 valence electrons. The maximum Gasteiger partial charge on any atom is 0.318 e. The topological polar surface area (TPSA) is 74.6 Å². The minimum atomic E-state index is -1.01. The molecule has 0 amide bonds. The van der Waals surface area contributed by atoms with Gasteiger partial charge >= 0.3 is 11.9 Å². The van der Waals surface area contributed by atoms with E-state index in [1.54, 1.807) is 0 Å². The summed E-state index contributed by atoms with van der Waals surface area (Å²) in [4.78, 5) is 23.0. The highest BCUT2D eigenvalue weighted by Crippen LogP contribution is 2.38. The molecule has 4 nitrogen and oxygen atoms in total. The van der Waals surface area contributed by atoms with Crippen LogP contribution in [0.5, 0.6) is 0 Å². The van der Waals surface area contributed by atoms with Crippen LogP contribution in [-0.2, 0) is 15.0 Å². The first-order valence-corrected chi connectivity index (χ1v) is 10.6. The zero-order valence-electron chi connectivity index (χ0n) is 17.1. The van der Waals surface area contributed by atoms with Gasteiger partial charge in [-0.05, 0) is 24.0 Å². The summed E-state index contributed by atoms with van der Waals surface area (Å²) in [5, 5.41) is 18.9. The number of hydrogen-bond donors (Lipinski definition) is 2. The molecule has 2 N–H and O–H groups in total. The van der Waals surface area contributed by atoms with Crippen molar-refractivity contribution in [1.82, 2.24) is 0 Å².